The number of ether oxygens (including phenoxy) is 3. The molecule has 1 fully saturated rings. The van der Waals surface area contributed by atoms with Crippen LogP contribution in [-0.4, -0.2) is 37.6 Å². The molecule has 1 amide bonds. The summed E-state index contributed by atoms with van der Waals surface area (Å²) in [6, 6.07) is 15.4. The molecule has 0 bridgehead atoms. The molecule has 36 heavy (non-hydrogen) atoms. The molecular weight excluding hydrogens is 505 g/mol. The summed E-state index contributed by atoms with van der Waals surface area (Å²) in [5.74, 6) is -0.763. The molecular formula is C27H23Cl2NO6. The first-order valence-electron chi connectivity index (χ1n) is 11.0. The maximum absolute atomic E-state index is 13.4. The number of carbonyl (C=O) groups is 2. The van der Waals surface area contributed by atoms with Gasteiger partial charge in [0.05, 0.1) is 48.2 Å². The molecule has 7 nitrogen and oxygen atoms in total. The van der Waals surface area contributed by atoms with Gasteiger partial charge in [-0.05, 0) is 55.0 Å². The highest BCUT2D eigenvalue weighted by atomic mass is 35.5. The van der Waals surface area contributed by atoms with E-state index < -0.39 is 17.7 Å². The Morgan fingerprint density at radius 2 is 1.64 bits per heavy atom. The van der Waals surface area contributed by atoms with Crippen molar-refractivity contribution in [1.82, 2.24) is 0 Å². The number of benzene rings is 3. The fourth-order valence-electron chi connectivity index (χ4n) is 4.16. The Balaban J connectivity index is 2.00. The number of methoxy groups -OCH3 is 2. The lowest BCUT2D eigenvalue weighted by atomic mass is 9.94. The van der Waals surface area contributed by atoms with E-state index in [1.165, 1.54) is 37.3 Å². The minimum absolute atomic E-state index is 0.114. The van der Waals surface area contributed by atoms with Gasteiger partial charge in [-0.3, -0.25) is 14.5 Å². The molecule has 3 aromatic rings. The van der Waals surface area contributed by atoms with Crippen LogP contribution in [0.1, 0.15) is 24.1 Å². The number of rotatable bonds is 7. The van der Waals surface area contributed by atoms with Crippen molar-refractivity contribution in [3.63, 3.8) is 0 Å². The number of hydrogen-bond acceptors (Lipinski definition) is 6. The molecule has 1 aliphatic heterocycles. The van der Waals surface area contributed by atoms with Gasteiger partial charge in [0.25, 0.3) is 11.7 Å². The minimum atomic E-state index is -0.999. The summed E-state index contributed by atoms with van der Waals surface area (Å²) in [5.41, 5.74) is 1.02. The summed E-state index contributed by atoms with van der Waals surface area (Å²) >= 11 is 12.2. The summed E-state index contributed by atoms with van der Waals surface area (Å²) in [6.45, 7) is 2.20. The lowest BCUT2D eigenvalue weighted by Crippen LogP contribution is -2.29. The van der Waals surface area contributed by atoms with Crippen molar-refractivity contribution < 1.29 is 28.9 Å². The molecule has 1 saturated heterocycles. The van der Waals surface area contributed by atoms with Crippen LogP contribution in [0.3, 0.4) is 0 Å². The van der Waals surface area contributed by atoms with E-state index in [0.29, 0.717) is 35.1 Å². The second kappa shape index (κ2) is 10.5. The van der Waals surface area contributed by atoms with Gasteiger partial charge in [-0.1, -0.05) is 41.4 Å². The first kappa shape index (κ1) is 25.4. The van der Waals surface area contributed by atoms with Gasteiger partial charge in [0.2, 0.25) is 0 Å². The van der Waals surface area contributed by atoms with E-state index in [1.54, 1.807) is 42.5 Å². The second-order valence-electron chi connectivity index (χ2n) is 7.81. The van der Waals surface area contributed by atoms with Gasteiger partial charge in [0.1, 0.15) is 11.5 Å². The zero-order chi connectivity index (χ0) is 26.0. The summed E-state index contributed by atoms with van der Waals surface area (Å²) in [6.07, 6.45) is 0. The maximum atomic E-state index is 13.4. The number of amides is 1. The molecule has 1 N–H and O–H groups in total. The molecule has 0 aliphatic carbocycles. The van der Waals surface area contributed by atoms with Gasteiger partial charge in [-0.2, -0.15) is 0 Å². The van der Waals surface area contributed by atoms with Crippen LogP contribution in [0, 0.1) is 0 Å². The number of aliphatic hydroxyl groups is 1. The van der Waals surface area contributed by atoms with Gasteiger partial charge in [0, 0.05) is 5.56 Å². The van der Waals surface area contributed by atoms with Crippen LogP contribution in [0.5, 0.6) is 17.2 Å². The topological polar surface area (TPSA) is 85.3 Å². The standard InChI is InChI=1S/C27H23Cl2NO6/c1-4-36-22-14-15(10-12-21(22)35-3)24-23(25(31)16-9-11-17(28)18(29)13-16)26(32)27(33)30(24)19-7-5-6-8-20(19)34-2/h5-14,24,31H,4H2,1-3H3/b25-23-. The second-order valence-corrected chi connectivity index (χ2v) is 8.63. The number of aliphatic hydroxyl groups excluding tert-OH is 1. The molecule has 186 valence electrons. The summed E-state index contributed by atoms with van der Waals surface area (Å²) in [5, 5.41) is 11.8. The number of para-hydroxylation sites is 2. The molecule has 1 unspecified atom stereocenters. The monoisotopic (exact) mass is 527 g/mol. The molecule has 9 heteroatoms. The zero-order valence-corrected chi connectivity index (χ0v) is 21.3. The number of anilines is 1. The number of halogens is 2. The van der Waals surface area contributed by atoms with E-state index in [4.69, 9.17) is 37.4 Å². The van der Waals surface area contributed by atoms with Crippen molar-refractivity contribution in [3.05, 3.63) is 87.4 Å². The van der Waals surface area contributed by atoms with Crippen LogP contribution in [0.4, 0.5) is 5.69 Å². The lowest BCUT2D eigenvalue weighted by molar-refractivity contribution is -0.132. The van der Waals surface area contributed by atoms with Crippen LogP contribution in [-0.2, 0) is 9.59 Å². The first-order valence-corrected chi connectivity index (χ1v) is 11.8. The van der Waals surface area contributed by atoms with Gasteiger partial charge >= 0.3 is 0 Å². The average molecular weight is 528 g/mol. The van der Waals surface area contributed by atoms with E-state index >= 15 is 0 Å². The molecule has 1 heterocycles. The third-order valence-electron chi connectivity index (χ3n) is 5.79. The highest BCUT2D eigenvalue weighted by molar-refractivity contribution is 6.52. The highest BCUT2D eigenvalue weighted by Gasteiger charge is 2.48. The van der Waals surface area contributed by atoms with Crippen molar-refractivity contribution in [2.75, 3.05) is 25.7 Å². The average Bonchev–Trinajstić information content (AvgIpc) is 3.15. The molecule has 3 aromatic carbocycles. The van der Waals surface area contributed by atoms with Crippen molar-refractivity contribution in [2.24, 2.45) is 0 Å². The Kier molecular flexibility index (Phi) is 7.43. The maximum Gasteiger partial charge on any atom is 0.300 e. The van der Waals surface area contributed by atoms with Crippen LogP contribution in [0.15, 0.2) is 66.2 Å². The molecule has 0 radical (unpaired) electrons. The Morgan fingerprint density at radius 1 is 0.917 bits per heavy atom. The van der Waals surface area contributed by atoms with E-state index in [2.05, 4.69) is 0 Å². The van der Waals surface area contributed by atoms with E-state index in [1.807, 2.05) is 6.92 Å². The van der Waals surface area contributed by atoms with Crippen LogP contribution in [0.2, 0.25) is 10.0 Å². The predicted molar refractivity (Wildman–Crippen MR) is 138 cm³/mol. The molecule has 0 spiro atoms. The van der Waals surface area contributed by atoms with E-state index in [9.17, 15) is 14.7 Å². The predicted octanol–water partition coefficient (Wildman–Crippen LogP) is 6.04. The molecule has 4 rings (SSSR count). The third kappa shape index (κ3) is 4.47. The smallest absolute Gasteiger partial charge is 0.300 e. The Labute approximate surface area is 218 Å². The molecule has 0 aromatic heterocycles. The zero-order valence-electron chi connectivity index (χ0n) is 19.7. The van der Waals surface area contributed by atoms with Gasteiger partial charge in [0.15, 0.2) is 11.5 Å². The lowest BCUT2D eigenvalue weighted by Gasteiger charge is -2.27. The van der Waals surface area contributed by atoms with E-state index in [-0.39, 0.29) is 26.9 Å². The highest BCUT2D eigenvalue weighted by Crippen LogP contribution is 2.46. The number of Topliss-reactive ketones (excluding diaryl/α,β-unsaturated/α-hetero) is 1. The number of hydrogen-bond donors (Lipinski definition) is 1. The fraction of sp³-hybridized carbons (Fsp3) is 0.185. The summed E-state index contributed by atoms with van der Waals surface area (Å²) < 4.78 is 16.6. The quantitative estimate of drug-likeness (QED) is 0.229. The number of nitrogens with zero attached hydrogens (tertiary/aromatic N) is 1. The summed E-state index contributed by atoms with van der Waals surface area (Å²) in [4.78, 5) is 28.1. The van der Waals surface area contributed by atoms with Gasteiger partial charge in [-0.15, -0.1) is 0 Å². The molecule has 1 aliphatic rings. The Hall–Kier alpha value is -3.68. The van der Waals surface area contributed by atoms with Crippen molar-refractivity contribution in [3.8, 4) is 17.2 Å². The third-order valence-corrected chi connectivity index (χ3v) is 6.52. The van der Waals surface area contributed by atoms with Crippen LogP contribution >= 0.6 is 23.2 Å². The van der Waals surface area contributed by atoms with Crippen molar-refractivity contribution in [2.45, 2.75) is 13.0 Å². The molecule has 1 atom stereocenters. The first-order chi connectivity index (χ1) is 17.3. The minimum Gasteiger partial charge on any atom is -0.507 e. The van der Waals surface area contributed by atoms with Crippen LogP contribution in [0.25, 0.3) is 5.76 Å². The van der Waals surface area contributed by atoms with Crippen molar-refractivity contribution in [1.29, 1.82) is 0 Å². The van der Waals surface area contributed by atoms with Crippen LogP contribution < -0.4 is 19.1 Å². The number of ketones is 1. The van der Waals surface area contributed by atoms with E-state index in [0.717, 1.165) is 0 Å². The molecule has 0 saturated carbocycles. The van der Waals surface area contributed by atoms with Gasteiger partial charge < -0.3 is 19.3 Å². The largest absolute Gasteiger partial charge is 0.507 e. The Morgan fingerprint density at radius 3 is 2.31 bits per heavy atom. The van der Waals surface area contributed by atoms with Crippen molar-refractivity contribution >= 4 is 46.3 Å². The normalized spacial score (nSPS) is 16.8. The fourth-order valence-corrected chi connectivity index (χ4v) is 4.45. The Bertz CT molecular complexity index is 1370. The number of carbonyl (C=O) groups excluding carboxylic acids is 2. The SMILES string of the molecule is CCOc1cc(C2/C(=C(/O)c3ccc(Cl)c(Cl)c3)C(=O)C(=O)N2c2ccccc2OC)ccc1OC. The van der Waals surface area contributed by atoms with Gasteiger partial charge in [-0.25, -0.2) is 0 Å². The summed E-state index contributed by atoms with van der Waals surface area (Å²) in [7, 11) is 2.99.